The van der Waals surface area contributed by atoms with E-state index in [2.05, 4.69) is 55.8 Å². The molecule has 0 radical (unpaired) electrons. The van der Waals surface area contributed by atoms with Crippen LogP contribution in [0.25, 0.3) is 16.6 Å². The van der Waals surface area contributed by atoms with Gasteiger partial charge in [-0.3, -0.25) is 19.8 Å². The molecular formula is C45H50ClN7O7S. The predicted molar refractivity (Wildman–Crippen MR) is 237 cm³/mol. The van der Waals surface area contributed by atoms with E-state index in [0.29, 0.717) is 25.4 Å². The number of sulfonamides is 1. The Balaban J connectivity index is 1.00. The molecule has 1 aliphatic carbocycles. The van der Waals surface area contributed by atoms with Gasteiger partial charge in [0, 0.05) is 93.0 Å². The zero-order valence-electron chi connectivity index (χ0n) is 34.3. The van der Waals surface area contributed by atoms with Gasteiger partial charge in [-0.05, 0) is 103 Å². The second kappa shape index (κ2) is 17.9. The van der Waals surface area contributed by atoms with Crippen LogP contribution in [0.1, 0.15) is 61.9 Å². The fraction of sp³-hybridized carbons (Fsp3) is 0.378. The number of H-pyrrole nitrogens is 1. The number of nitrogens with zero attached hydrogens (tertiary/aromatic N) is 4. The maximum absolute atomic E-state index is 13.9. The molecule has 0 spiro atoms. The quantitative estimate of drug-likeness (QED) is 0.0764. The largest absolute Gasteiger partial charge is 0.438 e. The van der Waals surface area contributed by atoms with Crippen molar-refractivity contribution < 1.29 is 27.6 Å². The number of aromatic amines is 1. The number of piperazine rings is 1. The molecule has 4 heterocycles. The molecule has 0 atom stereocenters. The van der Waals surface area contributed by atoms with E-state index in [9.17, 15) is 23.3 Å². The molecule has 3 N–H and O–H groups in total. The van der Waals surface area contributed by atoms with E-state index in [0.717, 1.165) is 87.0 Å². The maximum atomic E-state index is 13.9. The Morgan fingerprint density at radius 1 is 1.02 bits per heavy atom. The summed E-state index contributed by atoms with van der Waals surface area (Å²) in [5, 5.41) is 16.8. The van der Waals surface area contributed by atoms with Crippen molar-refractivity contribution >= 4 is 61.2 Å². The Bertz CT molecular complexity index is 2560. The number of aromatic nitrogens is 2. The number of benzene rings is 3. The summed E-state index contributed by atoms with van der Waals surface area (Å²) in [6.45, 7) is 10.4. The number of rotatable bonds is 13. The van der Waals surface area contributed by atoms with E-state index in [1.54, 1.807) is 24.4 Å². The minimum atomic E-state index is -4.56. The fourth-order valence-electron chi connectivity index (χ4n) is 8.38. The van der Waals surface area contributed by atoms with Crippen LogP contribution in [0.2, 0.25) is 5.02 Å². The Morgan fingerprint density at radius 3 is 2.54 bits per heavy atom. The summed E-state index contributed by atoms with van der Waals surface area (Å²) >= 11 is 6.24. The summed E-state index contributed by atoms with van der Waals surface area (Å²) in [6, 6.07) is 22.2. The van der Waals surface area contributed by atoms with Crippen LogP contribution in [-0.2, 0) is 14.8 Å². The van der Waals surface area contributed by atoms with Gasteiger partial charge in [-0.15, -0.1) is 0 Å². The summed E-state index contributed by atoms with van der Waals surface area (Å²) < 4.78 is 41.1. The van der Waals surface area contributed by atoms with Crippen molar-refractivity contribution in [2.75, 3.05) is 62.7 Å². The lowest BCUT2D eigenvalue weighted by Crippen LogP contribution is -2.47. The monoisotopic (exact) mass is 867 g/mol. The summed E-state index contributed by atoms with van der Waals surface area (Å²) in [4.78, 5) is 37.2. The molecular weight excluding hydrogens is 818 g/mol. The molecule has 61 heavy (non-hydrogen) atoms. The van der Waals surface area contributed by atoms with Crippen molar-refractivity contribution in [2.45, 2.75) is 50.8 Å². The number of carbonyl (C=O) groups is 1. The normalized spacial score (nSPS) is 17.7. The highest BCUT2D eigenvalue weighted by Gasteiger charge is 2.31. The van der Waals surface area contributed by atoms with Crippen molar-refractivity contribution in [3.63, 3.8) is 0 Å². The van der Waals surface area contributed by atoms with Gasteiger partial charge in [-0.2, -0.15) is 4.98 Å². The Kier molecular flexibility index (Phi) is 12.4. The first-order chi connectivity index (χ1) is 29.3. The molecule has 3 aromatic carbocycles. The standard InChI is InChI=1S/C45H50ClN7O7S/c1-45(2)17-13-33(38(27-45)31-3-6-34(46)7-4-31)29-51-19-21-52(22-20-51)35-8-10-37(41(25-35)60-42-12-5-32-14-18-47-43(32)49-42)44(54)50-61(57,58)36-9-11-39(40(26-36)53(55)56)48-28-30-15-23-59-24-16-30/h3-12,14,18,25-26,30,48H,13,15-17,19-24,27-29H2,1-2H3,(H,47,49)(H,50,54). The van der Waals surface area contributed by atoms with Gasteiger partial charge >= 0.3 is 0 Å². The minimum absolute atomic E-state index is 0.0505. The first kappa shape index (κ1) is 42.2. The Labute approximate surface area is 360 Å². The van der Waals surface area contributed by atoms with E-state index < -0.39 is 31.4 Å². The summed E-state index contributed by atoms with van der Waals surface area (Å²) in [6.07, 6.45) is 6.60. The summed E-state index contributed by atoms with van der Waals surface area (Å²) in [5.74, 6) is -0.381. The van der Waals surface area contributed by atoms with Crippen LogP contribution in [0.3, 0.4) is 0 Å². The zero-order chi connectivity index (χ0) is 42.7. The highest BCUT2D eigenvalue weighted by molar-refractivity contribution is 7.90. The van der Waals surface area contributed by atoms with Gasteiger partial charge in [0.25, 0.3) is 21.6 Å². The number of hydrogen-bond acceptors (Lipinski definition) is 11. The molecule has 2 saturated heterocycles. The number of nitrogens with one attached hydrogen (secondary N) is 3. The average Bonchev–Trinajstić information content (AvgIpc) is 3.72. The SMILES string of the molecule is CC1(C)CCC(CN2CCN(c3ccc(C(=O)NS(=O)(=O)c4ccc(NCC5CCOCC5)c([N+](=O)[O-])c4)c(Oc4ccc5cc[nH]c5n4)c3)CC2)=C(c2ccc(Cl)cc2)C1. The van der Waals surface area contributed by atoms with Crippen LogP contribution in [0.4, 0.5) is 17.1 Å². The maximum Gasteiger partial charge on any atom is 0.293 e. The van der Waals surface area contributed by atoms with Gasteiger partial charge in [-0.1, -0.05) is 43.2 Å². The number of halogens is 1. The highest BCUT2D eigenvalue weighted by atomic mass is 35.5. The van der Waals surface area contributed by atoms with Crippen molar-refractivity contribution in [3.8, 4) is 11.6 Å². The number of nitro benzene ring substituents is 1. The van der Waals surface area contributed by atoms with E-state index in [1.807, 2.05) is 24.3 Å². The van der Waals surface area contributed by atoms with Crippen LogP contribution in [0.5, 0.6) is 11.6 Å². The topological polar surface area (TPSA) is 172 Å². The third kappa shape index (κ3) is 10.0. The predicted octanol–water partition coefficient (Wildman–Crippen LogP) is 8.66. The molecule has 5 aromatic rings. The lowest BCUT2D eigenvalue weighted by molar-refractivity contribution is -0.384. The number of pyridine rings is 1. The van der Waals surface area contributed by atoms with Crippen molar-refractivity contribution in [1.82, 2.24) is 19.6 Å². The lowest BCUT2D eigenvalue weighted by Gasteiger charge is -2.39. The number of allylic oxidation sites excluding steroid dienone is 1. The zero-order valence-corrected chi connectivity index (χ0v) is 35.9. The summed E-state index contributed by atoms with van der Waals surface area (Å²) in [5.41, 5.74) is 5.45. The lowest BCUT2D eigenvalue weighted by atomic mass is 9.72. The summed E-state index contributed by atoms with van der Waals surface area (Å²) in [7, 11) is -4.56. The smallest absolute Gasteiger partial charge is 0.293 e. The second-order valence-electron chi connectivity index (χ2n) is 16.8. The first-order valence-corrected chi connectivity index (χ1v) is 22.5. The van der Waals surface area contributed by atoms with E-state index in [1.165, 1.54) is 34.9 Å². The van der Waals surface area contributed by atoms with Crippen molar-refractivity contribution in [2.24, 2.45) is 11.3 Å². The number of fused-ring (bicyclic) bond motifs is 1. The number of ether oxygens (including phenoxy) is 2. The van der Waals surface area contributed by atoms with Crippen LogP contribution >= 0.6 is 11.6 Å². The molecule has 2 fully saturated rings. The number of hydrogen-bond donors (Lipinski definition) is 3. The van der Waals surface area contributed by atoms with Gasteiger partial charge in [0.05, 0.1) is 15.4 Å². The molecule has 0 saturated carbocycles. The molecule has 2 aliphatic heterocycles. The van der Waals surface area contributed by atoms with E-state index in [4.69, 9.17) is 21.1 Å². The van der Waals surface area contributed by atoms with Gasteiger partial charge in [0.2, 0.25) is 5.88 Å². The third-order valence-electron chi connectivity index (χ3n) is 12.0. The van der Waals surface area contributed by atoms with Crippen LogP contribution in [0.15, 0.2) is 95.5 Å². The van der Waals surface area contributed by atoms with Gasteiger partial charge in [-0.25, -0.2) is 13.1 Å². The number of anilines is 2. The highest BCUT2D eigenvalue weighted by Crippen LogP contribution is 2.43. The van der Waals surface area contributed by atoms with E-state index in [-0.39, 0.29) is 34.2 Å². The Hall–Kier alpha value is -5.48. The fourth-order valence-corrected chi connectivity index (χ4v) is 9.49. The molecule has 1 amide bonds. The van der Waals surface area contributed by atoms with Gasteiger partial charge in [0.15, 0.2) is 0 Å². The molecule has 8 rings (SSSR count). The minimum Gasteiger partial charge on any atom is -0.438 e. The molecule has 14 nitrogen and oxygen atoms in total. The van der Waals surface area contributed by atoms with Gasteiger partial charge < -0.3 is 24.7 Å². The van der Waals surface area contributed by atoms with E-state index >= 15 is 0 Å². The number of nitro groups is 1. The molecule has 3 aliphatic rings. The third-order valence-corrected chi connectivity index (χ3v) is 13.5. The first-order valence-electron chi connectivity index (χ1n) is 20.7. The second-order valence-corrected chi connectivity index (χ2v) is 19.0. The van der Waals surface area contributed by atoms with Crippen molar-refractivity contribution in [1.29, 1.82) is 0 Å². The van der Waals surface area contributed by atoms with Crippen LogP contribution in [-0.4, -0.2) is 86.6 Å². The molecule has 0 bridgehead atoms. The van der Waals surface area contributed by atoms with Crippen molar-refractivity contribution in [3.05, 3.63) is 117 Å². The molecule has 0 unspecified atom stereocenters. The molecule has 320 valence electrons. The van der Waals surface area contributed by atoms with Crippen LogP contribution in [0, 0.1) is 21.4 Å². The van der Waals surface area contributed by atoms with Crippen LogP contribution < -0.4 is 19.7 Å². The number of amides is 1. The van der Waals surface area contributed by atoms with Gasteiger partial charge in [0.1, 0.15) is 17.1 Å². The molecule has 16 heteroatoms. The Morgan fingerprint density at radius 2 is 1.79 bits per heavy atom. The molecule has 2 aromatic heterocycles. The number of carbonyl (C=O) groups excluding carboxylic acids is 1. The average molecular weight is 868 g/mol.